The quantitative estimate of drug-likeness (QED) is 0.422. The molecule has 0 saturated carbocycles. The van der Waals surface area contributed by atoms with E-state index in [-0.39, 0.29) is 18.6 Å². The largest absolute Gasteiger partial charge is 0.396 e. The van der Waals surface area contributed by atoms with Crippen molar-refractivity contribution in [3.63, 3.8) is 0 Å². The van der Waals surface area contributed by atoms with E-state index in [1.54, 1.807) is 35.3 Å². The molecular weight excluding hydrogens is 319 g/mol. The van der Waals surface area contributed by atoms with Crippen LogP contribution in [0.15, 0.2) is 0 Å². The van der Waals surface area contributed by atoms with Gasteiger partial charge in [-0.2, -0.15) is 35.3 Å². The smallest absolute Gasteiger partial charge is 0.0521 e. The van der Waals surface area contributed by atoms with Crippen molar-refractivity contribution in [3.05, 3.63) is 0 Å². The second-order valence-corrected chi connectivity index (χ2v) is 7.86. The van der Waals surface area contributed by atoms with Crippen LogP contribution in [0.5, 0.6) is 0 Å². The molecule has 7 heteroatoms. The predicted molar refractivity (Wildman–Crippen MR) is 85.4 cm³/mol. The monoisotopic (exact) mass is 338 g/mol. The fourth-order valence-corrected chi connectivity index (χ4v) is 4.83. The lowest BCUT2D eigenvalue weighted by atomic mass is 10.5. The maximum Gasteiger partial charge on any atom is 0.0521 e. The van der Waals surface area contributed by atoms with Gasteiger partial charge in [0.05, 0.1) is 18.6 Å². The molecule has 2 N–H and O–H groups in total. The van der Waals surface area contributed by atoms with Crippen LogP contribution in [0.2, 0.25) is 0 Å². The molecule has 0 fully saturated rings. The summed E-state index contributed by atoms with van der Waals surface area (Å²) in [5.74, 6) is 4.85. The number of hydrogen-bond donors (Lipinski definition) is 2. The second kappa shape index (κ2) is 14.0. The van der Waals surface area contributed by atoms with Crippen molar-refractivity contribution in [2.75, 3.05) is 47.9 Å². The average Bonchev–Trinajstić information content (AvgIpc) is 2.34. The molecule has 2 nitrogen and oxygen atoms in total. The lowest BCUT2D eigenvalue weighted by Crippen LogP contribution is -2.15. The third-order valence-corrected chi connectivity index (χ3v) is 6.82. The molecule has 0 bridgehead atoms. The highest BCUT2D eigenvalue weighted by atomic mass is 35.5. The zero-order valence-corrected chi connectivity index (χ0v) is 13.6. The highest BCUT2D eigenvalue weighted by molar-refractivity contribution is 8.03. The first kappa shape index (κ1) is 18.6. The Morgan fingerprint density at radius 2 is 1.53 bits per heavy atom. The number of thioether (sulfide) groups is 3. The Bertz CT molecular complexity index is 166. The van der Waals surface area contributed by atoms with Gasteiger partial charge in [-0.25, -0.2) is 0 Å². The standard InChI is InChI=1S/C10H20Cl2O2S3/c11-5-10(8-16-4-2-14)17-7-9(12)6-15-3-1-13/h9-10,13-14H,1-8H2. The molecule has 0 spiro atoms. The first-order valence-electron chi connectivity index (χ1n) is 5.43. The SMILES string of the molecule is OCCSCC(Cl)CSC(CCl)CSCCO. The zero-order valence-electron chi connectivity index (χ0n) is 9.69. The van der Waals surface area contributed by atoms with Crippen LogP contribution in [0.3, 0.4) is 0 Å². The fraction of sp³-hybridized carbons (Fsp3) is 1.00. The van der Waals surface area contributed by atoms with Crippen molar-refractivity contribution in [1.82, 2.24) is 0 Å². The first-order chi connectivity index (χ1) is 8.24. The van der Waals surface area contributed by atoms with E-state index in [4.69, 9.17) is 33.4 Å². The molecule has 0 aliphatic carbocycles. The third kappa shape index (κ3) is 12.3. The molecule has 0 aliphatic heterocycles. The summed E-state index contributed by atoms with van der Waals surface area (Å²) in [4.78, 5) is 0. The lowest BCUT2D eigenvalue weighted by molar-refractivity contribution is 0.322. The molecule has 2 atom stereocenters. The molecule has 104 valence electrons. The van der Waals surface area contributed by atoms with Crippen LogP contribution in [0.25, 0.3) is 0 Å². The van der Waals surface area contributed by atoms with E-state index in [1.807, 2.05) is 0 Å². The molecule has 0 heterocycles. The van der Waals surface area contributed by atoms with Gasteiger partial charge in [0.2, 0.25) is 0 Å². The van der Waals surface area contributed by atoms with E-state index < -0.39 is 0 Å². The van der Waals surface area contributed by atoms with Crippen LogP contribution in [0, 0.1) is 0 Å². The van der Waals surface area contributed by atoms with Crippen molar-refractivity contribution >= 4 is 58.5 Å². The van der Waals surface area contributed by atoms with Gasteiger partial charge in [-0.15, -0.1) is 23.2 Å². The molecular formula is C10H20Cl2O2S3. The molecule has 0 radical (unpaired) electrons. The van der Waals surface area contributed by atoms with Crippen molar-refractivity contribution < 1.29 is 10.2 Å². The molecule has 0 aromatic heterocycles. The Morgan fingerprint density at radius 3 is 2.06 bits per heavy atom. The highest BCUT2D eigenvalue weighted by Gasteiger charge is 2.12. The van der Waals surface area contributed by atoms with E-state index in [0.29, 0.717) is 11.1 Å². The molecule has 0 amide bonds. The van der Waals surface area contributed by atoms with Crippen molar-refractivity contribution in [2.24, 2.45) is 0 Å². The number of aliphatic hydroxyl groups excluding tert-OH is 2. The summed E-state index contributed by atoms with van der Waals surface area (Å²) in [5, 5.41) is 17.9. The Hall–Kier alpha value is 1.55. The van der Waals surface area contributed by atoms with Gasteiger partial charge in [-0.3, -0.25) is 0 Å². The Morgan fingerprint density at radius 1 is 0.941 bits per heavy atom. The Labute approximate surface area is 127 Å². The number of halogens is 2. The summed E-state index contributed by atoms with van der Waals surface area (Å²) in [7, 11) is 0. The minimum Gasteiger partial charge on any atom is -0.396 e. The average molecular weight is 339 g/mol. The van der Waals surface area contributed by atoms with Gasteiger partial charge in [0.25, 0.3) is 0 Å². The molecule has 17 heavy (non-hydrogen) atoms. The van der Waals surface area contributed by atoms with Gasteiger partial charge in [0.15, 0.2) is 0 Å². The number of aliphatic hydroxyl groups is 2. The van der Waals surface area contributed by atoms with Crippen LogP contribution in [0.1, 0.15) is 0 Å². The van der Waals surface area contributed by atoms with Crippen LogP contribution < -0.4 is 0 Å². The molecule has 0 aliphatic rings. The van der Waals surface area contributed by atoms with Gasteiger partial charge in [0, 0.05) is 39.9 Å². The highest BCUT2D eigenvalue weighted by Crippen LogP contribution is 2.21. The summed E-state index contributed by atoms with van der Waals surface area (Å²) < 4.78 is 0. The predicted octanol–water partition coefficient (Wildman–Crippen LogP) is 2.39. The maximum atomic E-state index is 8.69. The summed E-state index contributed by atoms with van der Waals surface area (Å²) in [6.07, 6.45) is 0. The van der Waals surface area contributed by atoms with Crippen molar-refractivity contribution in [2.45, 2.75) is 10.6 Å². The molecule has 0 rings (SSSR count). The molecule has 0 saturated heterocycles. The number of hydrogen-bond acceptors (Lipinski definition) is 5. The topological polar surface area (TPSA) is 40.5 Å². The summed E-state index contributed by atoms with van der Waals surface area (Å²) in [6, 6.07) is 0. The van der Waals surface area contributed by atoms with Crippen LogP contribution >= 0.6 is 58.5 Å². The maximum absolute atomic E-state index is 8.69. The van der Waals surface area contributed by atoms with Gasteiger partial charge < -0.3 is 10.2 Å². The second-order valence-electron chi connectivity index (χ2n) is 3.30. The Kier molecular flexibility index (Phi) is 15.2. The molecule has 0 aromatic carbocycles. The van der Waals surface area contributed by atoms with E-state index in [1.165, 1.54) is 0 Å². The van der Waals surface area contributed by atoms with Gasteiger partial charge in [-0.1, -0.05) is 0 Å². The fourth-order valence-electron chi connectivity index (χ4n) is 0.981. The van der Waals surface area contributed by atoms with E-state index >= 15 is 0 Å². The zero-order chi connectivity index (χ0) is 12.9. The summed E-state index contributed by atoms with van der Waals surface area (Å²) in [6.45, 7) is 0.434. The van der Waals surface area contributed by atoms with Gasteiger partial charge in [0.1, 0.15) is 0 Å². The normalized spacial score (nSPS) is 14.8. The van der Waals surface area contributed by atoms with Gasteiger partial charge >= 0.3 is 0 Å². The minimum atomic E-state index is 0.130. The van der Waals surface area contributed by atoms with E-state index in [0.717, 1.165) is 28.8 Å². The van der Waals surface area contributed by atoms with Crippen molar-refractivity contribution in [1.29, 1.82) is 0 Å². The summed E-state index contributed by atoms with van der Waals surface area (Å²) >= 11 is 17.2. The summed E-state index contributed by atoms with van der Waals surface area (Å²) in [5.41, 5.74) is 0. The lowest BCUT2D eigenvalue weighted by Gasteiger charge is -2.15. The first-order valence-corrected chi connectivity index (χ1v) is 9.76. The van der Waals surface area contributed by atoms with E-state index in [2.05, 4.69) is 0 Å². The van der Waals surface area contributed by atoms with Crippen LogP contribution in [-0.2, 0) is 0 Å². The van der Waals surface area contributed by atoms with Gasteiger partial charge in [-0.05, 0) is 0 Å². The minimum absolute atomic E-state index is 0.130. The number of rotatable bonds is 12. The number of alkyl halides is 2. The Balaban J connectivity index is 3.52. The van der Waals surface area contributed by atoms with E-state index in [9.17, 15) is 0 Å². The van der Waals surface area contributed by atoms with Crippen LogP contribution in [-0.4, -0.2) is 68.7 Å². The molecule has 0 aromatic rings. The van der Waals surface area contributed by atoms with Crippen LogP contribution in [0.4, 0.5) is 0 Å². The third-order valence-electron chi connectivity index (χ3n) is 1.76. The van der Waals surface area contributed by atoms with Crippen molar-refractivity contribution in [3.8, 4) is 0 Å². The molecule has 2 unspecified atom stereocenters.